The molecule has 0 radical (unpaired) electrons. The maximum absolute atomic E-state index is 12.1. The van der Waals surface area contributed by atoms with Crippen LogP contribution in [0.25, 0.3) is 11.3 Å². The van der Waals surface area contributed by atoms with Crippen molar-refractivity contribution in [3.05, 3.63) is 60.7 Å². The van der Waals surface area contributed by atoms with Gasteiger partial charge in [-0.2, -0.15) is 0 Å². The Hall–Kier alpha value is -3.06. The minimum absolute atomic E-state index is 0.107. The second kappa shape index (κ2) is 9.75. The number of methoxy groups -OCH3 is 1. The van der Waals surface area contributed by atoms with Gasteiger partial charge < -0.3 is 14.8 Å². The first-order valence-electron chi connectivity index (χ1n) is 8.82. The van der Waals surface area contributed by atoms with E-state index in [9.17, 15) is 4.79 Å². The van der Waals surface area contributed by atoms with Gasteiger partial charge in [0, 0.05) is 11.3 Å². The van der Waals surface area contributed by atoms with Crippen molar-refractivity contribution in [1.29, 1.82) is 0 Å². The predicted octanol–water partition coefficient (Wildman–Crippen LogP) is 4.28. The number of benzene rings is 2. The Labute approximate surface area is 168 Å². The van der Waals surface area contributed by atoms with Crippen molar-refractivity contribution < 1.29 is 14.3 Å². The van der Waals surface area contributed by atoms with Gasteiger partial charge in [-0.05, 0) is 55.5 Å². The molecule has 0 bridgehead atoms. The first-order chi connectivity index (χ1) is 13.7. The van der Waals surface area contributed by atoms with Crippen LogP contribution in [0.2, 0.25) is 0 Å². The van der Waals surface area contributed by atoms with Crippen LogP contribution in [-0.2, 0) is 4.79 Å². The Bertz CT molecular complexity index is 915. The van der Waals surface area contributed by atoms with Gasteiger partial charge in [0.15, 0.2) is 0 Å². The zero-order chi connectivity index (χ0) is 19.8. The van der Waals surface area contributed by atoms with E-state index in [1.165, 1.54) is 11.8 Å². The molecule has 0 aliphatic heterocycles. The van der Waals surface area contributed by atoms with E-state index in [0.717, 1.165) is 28.4 Å². The lowest BCUT2D eigenvalue weighted by atomic mass is 10.1. The lowest BCUT2D eigenvalue weighted by Crippen LogP contribution is -2.14. The number of carbonyl (C=O) groups is 1. The van der Waals surface area contributed by atoms with E-state index in [0.29, 0.717) is 11.6 Å². The number of nitrogens with zero attached hydrogens (tertiary/aromatic N) is 2. The molecule has 0 spiro atoms. The van der Waals surface area contributed by atoms with E-state index in [4.69, 9.17) is 9.47 Å². The zero-order valence-electron chi connectivity index (χ0n) is 15.7. The maximum Gasteiger partial charge on any atom is 0.234 e. The van der Waals surface area contributed by atoms with Crippen molar-refractivity contribution in [2.75, 3.05) is 24.8 Å². The normalized spacial score (nSPS) is 10.4. The number of anilines is 1. The Morgan fingerprint density at radius 1 is 1.04 bits per heavy atom. The summed E-state index contributed by atoms with van der Waals surface area (Å²) in [6, 6.07) is 18.6. The van der Waals surface area contributed by atoms with Crippen LogP contribution in [0.5, 0.6) is 11.5 Å². The van der Waals surface area contributed by atoms with Gasteiger partial charge in [0.2, 0.25) is 5.91 Å². The summed E-state index contributed by atoms with van der Waals surface area (Å²) in [7, 11) is 1.62. The van der Waals surface area contributed by atoms with Crippen LogP contribution in [0, 0.1) is 0 Å². The van der Waals surface area contributed by atoms with Crippen molar-refractivity contribution in [3.8, 4) is 22.8 Å². The second-order valence-electron chi connectivity index (χ2n) is 5.75. The van der Waals surface area contributed by atoms with Gasteiger partial charge in [0.1, 0.15) is 16.5 Å². The number of hydrogen-bond acceptors (Lipinski definition) is 6. The van der Waals surface area contributed by atoms with Crippen LogP contribution in [0.15, 0.2) is 65.7 Å². The van der Waals surface area contributed by atoms with Gasteiger partial charge in [-0.1, -0.05) is 23.9 Å². The fraction of sp³-hybridized carbons (Fsp3) is 0.190. The SMILES string of the molecule is CCOc1ccc(NC(=O)CSc2ccc(-c3ccccc3OC)nn2)cc1. The lowest BCUT2D eigenvalue weighted by Gasteiger charge is -2.08. The molecule has 144 valence electrons. The molecule has 3 rings (SSSR count). The molecule has 0 saturated heterocycles. The molecule has 7 heteroatoms. The van der Waals surface area contributed by atoms with E-state index >= 15 is 0 Å². The van der Waals surface area contributed by atoms with Crippen molar-refractivity contribution in [3.63, 3.8) is 0 Å². The summed E-state index contributed by atoms with van der Waals surface area (Å²) in [4.78, 5) is 12.1. The van der Waals surface area contributed by atoms with Crippen LogP contribution in [-0.4, -0.2) is 35.6 Å². The van der Waals surface area contributed by atoms with E-state index in [-0.39, 0.29) is 11.7 Å². The van der Waals surface area contributed by atoms with E-state index in [1.54, 1.807) is 7.11 Å². The van der Waals surface area contributed by atoms with Crippen LogP contribution in [0.4, 0.5) is 5.69 Å². The number of amides is 1. The first-order valence-corrected chi connectivity index (χ1v) is 9.80. The molecule has 3 aromatic rings. The number of carbonyl (C=O) groups excluding carboxylic acids is 1. The Morgan fingerprint density at radius 2 is 1.82 bits per heavy atom. The summed E-state index contributed by atoms with van der Waals surface area (Å²) >= 11 is 1.33. The number of thioether (sulfide) groups is 1. The highest BCUT2D eigenvalue weighted by atomic mass is 32.2. The minimum atomic E-state index is -0.107. The van der Waals surface area contributed by atoms with Crippen molar-refractivity contribution in [1.82, 2.24) is 10.2 Å². The molecule has 6 nitrogen and oxygen atoms in total. The predicted molar refractivity (Wildman–Crippen MR) is 111 cm³/mol. The van der Waals surface area contributed by atoms with Gasteiger partial charge in [-0.25, -0.2) is 0 Å². The minimum Gasteiger partial charge on any atom is -0.496 e. The number of ether oxygens (including phenoxy) is 2. The summed E-state index contributed by atoms with van der Waals surface area (Å²) in [6.07, 6.45) is 0. The highest BCUT2D eigenvalue weighted by molar-refractivity contribution is 7.99. The van der Waals surface area contributed by atoms with Gasteiger partial charge >= 0.3 is 0 Å². The summed E-state index contributed by atoms with van der Waals surface area (Å²) in [5, 5.41) is 12.0. The van der Waals surface area contributed by atoms with Crippen LogP contribution < -0.4 is 14.8 Å². The zero-order valence-corrected chi connectivity index (χ0v) is 16.5. The number of rotatable bonds is 8. The number of nitrogens with one attached hydrogen (secondary N) is 1. The quantitative estimate of drug-likeness (QED) is 0.574. The van der Waals surface area contributed by atoms with Crippen LogP contribution >= 0.6 is 11.8 Å². The fourth-order valence-electron chi connectivity index (χ4n) is 2.53. The third-order valence-electron chi connectivity index (χ3n) is 3.82. The van der Waals surface area contributed by atoms with Gasteiger partial charge in [0.05, 0.1) is 25.2 Å². The number of hydrogen-bond donors (Lipinski definition) is 1. The molecule has 2 aromatic carbocycles. The van der Waals surface area contributed by atoms with Crippen molar-refractivity contribution in [2.24, 2.45) is 0 Å². The Morgan fingerprint density at radius 3 is 2.50 bits per heavy atom. The third kappa shape index (κ3) is 5.23. The average molecular weight is 395 g/mol. The summed E-state index contributed by atoms with van der Waals surface area (Å²) in [6.45, 7) is 2.54. The molecule has 0 aliphatic rings. The number of aromatic nitrogens is 2. The van der Waals surface area contributed by atoms with E-state index in [2.05, 4.69) is 15.5 Å². The molecular weight excluding hydrogens is 374 g/mol. The summed E-state index contributed by atoms with van der Waals surface area (Å²) in [5.74, 6) is 1.66. The molecule has 0 fully saturated rings. The van der Waals surface area contributed by atoms with Gasteiger partial charge in [-0.15, -0.1) is 10.2 Å². The molecule has 1 amide bonds. The third-order valence-corrected chi connectivity index (χ3v) is 4.74. The molecule has 28 heavy (non-hydrogen) atoms. The smallest absolute Gasteiger partial charge is 0.234 e. The Balaban J connectivity index is 1.55. The monoisotopic (exact) mass is 395 g/mol. The van der Waals surface area contributed by atoms with Gasteiger partial charge in [-0.3, -0.25) is 4.79 Å². The molecule has 1 N–H and O–H groups in total. The molecule has 0 saturated carbocycles. The summed E-state index contributed by atoms with van der Waals surface area (Å²) < 4.78 is 10.7. The first kappa shape index (κ1) is 19.7. The molecule has 1 heterocycles. The fourth-order valence-corrected chi connectivity index (χ4v) is 3.15. The second-order valence-corrected chi connectivity index (χ2v) is 6.75. The molecule has 0 atom stereocenters. The highest BCUT2D eigenvalue weighted by Gasteiger charge is 2.09. The average Bonchev–Trinajstić information content (AvgIpc) is 2.74. The lowest BCUT2D eigenvalue weighted by molar-refractivity contribution is -0.113. The maximum atomic E-state index is 12.1. The van der Waals surface area contributed by atoms with Crippen molar-refractivity contribution in [2.45, 2.75) is 11.9 Å². The molecule has 0 aliphatic carbocycles. The topological polar surface area (TPSA) is 73.3 Å². The van der Waals surface area contributed by atoms with Gasteiger partial charge in [0.25, 0.3) is 0 Å². The van der Waals surface area contributed by atoms with Crippen LogP contribution in [0.3, 0.4) is 0 Å². The largest absolute Gasteiger partial charge is 0.496 e. The summed E-state index contributed by atoms with van der Waals surface area (Å²) in [5.41, 5.74) is 2.33. The van der Waals surface area contributed by atoms with Crippen LogP contribution in [0.1, 0.15) is 6.92 Å². The Kier molecular flexibility index (Phi) is 6.86. The molecule has 0 unspecified atom stereocenters. The molecule has 1 aromatic heterocycles. The number of para-hydroxylation sites is 1. The highest BCUT2D eigenvalue weighted by Crippen LogP contribution is 2.28. The standard InChI is InChI=1S/C21H21N3O3S/c1-3-27-16-10-8-15(9-11-16)22-20(25)14-28-21-13-12-18(23-24-21)17-6-4-5-7-19(17)26-2/h4-13H,3,14H2,1-2H3,(H,22,25). The van der Waals surface area contributed by atoms with E-state index in [1.807, 2.05) is 67.6 Å². The van der Waals surface area contributed by atoms with E-state index < -0.39 is 0 Å². The molecular formula is C21H21N3O3S. The van der Waals surface area contributed by atoms with Crippen molar-refractivity contribution >= 4 is 23.4 Å².